The third kappa shape index (κ3) is 3.01. The molecule has 1 aromatic rings. The largest absolute Gasteiger partial charge is 0.493 e. The van der Waals surface area contributed by atoms with Gasteiger partial charge in [0, 0.05) is 12.5 Å². The third-order valence-corrected chi connectivity index (χ3v) is 3.41. The highest BCUT2D eigenvalue weighted by Gasteiger charge is 2.23. The van der Waals surface area contributed by atoms with Crippen molar-refractivity contribution in [2.75, 3.05) is 13.2 Å². The second-order valence-electron chi connectivity index (χ2n) is 5.34. The number of aliphatic hydroxyl groups is 1. The lowest BCUT2D eigenvalue weighted by Gasteiger charge is -2.18. The van der Waals surface area contributed by atoms with Gasteiger partial charge in [0.25, 0.3) is 0 Å². The van der Waals surface area contributed by atoms with Crippen LogP contribution in [0.5, 0.6) is 5.75 Å². The van der Waals surface area contributed by atoms with Crippen LogP contribution in [0.25, 0.3) is 0 Å². The first-order valence-electron chi connectivity index (χ1n) is 6.46. The number of ether oxygens (including phenoxy) is 1. The average molecular weight is 234 g/mol. The smallest absolute Gasteiger partial charge is 0.125 e. The van der Waals surface area contributed by atoms with Gasteiger partial charge in [0.15, 0.2) is 0 Å². The zero-order valence-corrected chi connectivity index (χ0v) is 11.0. The predicted octanol–water partition coefficient (Wildman–Crippen LogP) is 3.19. The van der Waals surface area contributed by atoms with Gasteiger partial charge in [-0.25, -0.2) is 0 Å². The Balaban J connectivity index is 2.24. The van der Waals surface area contributed by atoms with Crippen molar-refractivity contribution in [1.29, 1.82) is 0 Å². The molecule has 1 aromatic carbocycles. The molecule has 0 aliphatic heterocycles. The zero-order chi connectivity index (χ0) is 12.4. The maximum Gasteiger partial charge on any atom is 0.125 e. The van der Waals surface area contributed by atoms with E-state index in [1.807, 2.05) is 6.92 Å². The van der Waals surface area contributed by atoms with Crippen LogP contribution in [0, 0.1) is 19.8 Å². The SMILES string of the molecule is Cc1cc(C)c(OCC2CC2)c(C(C)CO)c1. The predicted molar refractivity (Wildman–Crippen MR) is 69.6 cm³/mol. The fourth-order valence-electron chi connectivity index (χ4n) is 2.13. The van der Waals surface area contributed by atoms with Gasteiger partial charge in [0.2, 0.25) is 0 Å². The number of benzene rings is 1. The Kier molecular flexibility index (Phi) is 3.72. The second kappa shape index (κ2) is 5.09. The summed E-state index contributed by atoms with van der Waals surface area (Å²) in [6.45, 7) is 7.21. The Morgan fingerprint density at radius 3 is 2.65 bits per heavy atom. The Hall–Kier alpha value is -1.02. The standard InChI is InChI=1S/C15H22O2/c1-10-6-11(2)15(17-9-13-4-5-13)14(7-10)12(3)8-16/h6-7,12-13,16H,4-5,8-9H2,1-3H3. The van der Waals surface area contributed by atoms with E-state index in [0.717, 1.165) is 23.8 Å². The molecule has 17 heavy (non-hydrogen) atoms. The summed E-state index contributed by atoms with van der Waals surface area (Å²) in [5.41, 5.74) is 3.56. The molecular formula is C15H22O2. The number of hydrogen-bond acceptors (Lipinski definition) is 2. The molecule has 0 amide bonds. The maximum absolute atomic E-state index is 9.33. The Morgan fingerprint density at radius 1 is 1.35 bits per heavy atom. The average Bonchev–Trinajstić information content (AvgIpc) is 3.09. The van der Waals surface area contributed by atoms with Crippen molar-refractivity contribution in [3.05, 3.63) is 28.8 Å². The van der Waals surface area contributed by atoms with E-state index in [0.29, 0.717) is 0 Å². The van der Waals surface area contributed by atoms with Gasteiger partial charge in [-0.1, -0.05) is 24.6 Å². The van der Waals surface area contributed by atoms with Crippen LogP contribution < -0.4 is 4.74 Å². The summed E-state index contributed by atoms with van der Waals surface area (Å²) < 4.78 is 5.96. The van der Waals surface area contributed by atoms with Gasteiger partial charge in [-0.15, -0.1) is 0 Å². The summed E-state index contributed by atoms with van der Waals surface area (Å²) in [6.07, 6.45) is 2.60. The van der Waals surface area contributed by atoms with Crippen molar-refractivity contribution in [3.8, 4) is 5.75 Å². The lowest BCUT2D eigenvalue weighted by atomic mass is 9.96. The van der Waals surface area contributed by atoms with Gasteiger partial charge < -0.3 is 9.84 Å². The highest BCUT2D eigenvalue weighted by atomic mass is 16.5. The van der Waals surface area contributed by atoms with Crippen LogP contribution in [0.15, 0.2) is 12.1 Å². The molecule has 0 spiro atoms. The van der Waals surface area contributed by atoms with Gasteiger partial charge >= 0.3 is 0 Å². The molecule has 1 unspecified atom stereocenters. The Bertz CT molecular complexity index is 394. The van der Waals surface area contributed by atoms with Crippen LogP contribution in [-0.4, -0.2) is 18.3 Å². The molecule has 0 saturated heterocycles. The fourth-order valence-corrected chi connectivity index (χ4v) is 2.13. The lowest BCUT2D eigenvalue weighted by molar-refractivity contribution is 0.261. The molecule has 1 fully saturated rings. The first-order chi connectivity index (χ1) is 8.11. The number of rotatable bonds is 5. The molecule has 1 N–H and O–H groups in total. The topological polar surface area (TPSA) is 29.5 Å². The minimum Gasteiger partial charge on any atom is -0.493 e. The van der Waals surface area contributed by atoms with Crippen LogP contribution in [-0.2, 0) is 0 Å². The van der Waals surface area contributed by atoms with Crippen molar-refractivity contribution in [2.45, 2.75) is 39.5 Å². The summed E-state index contributed by atoms with van der Waals surface area (Å²) in [4.78, 5) is 0. The maximum atomic E-state index is 9.33. The van der Waals surface area contributed by atoms with Gasteiger partial charge in [0.1, 0.15) is 5.75 Å². The molecule has 0 heterocycles. The van der Waals surface area contributed by atoms with Crippen molar-refractivity contribution < 1.29 is 9.84 Å². The van der Waals surface area contributed by atoms with Crippen LogP contribution in [0.3, 0.4) is 0 Å². The Labute approximate surface area is 104 Å². The van der Waals surface area contributed by atoms with Gasteiger partial charge in [-0.3, -0.25) is 0 Å². The molecule has 94 valence electrons. The first-order valence-corrected chi connectivity index (χ1v) is 6.46. The Morgan fingerprint density at radius 2 is 2.06 bits per heavy atom. The van der Waals surface area contributed by atoms with E-state index in [1.54, 1.807) is 0 Å². The fraction of sp³-hybridized carbons (Fsp3) is 0.600. The molecule has 1 atom stereocenters. The first kappa shape index (κ1) is 12.4. The summed E-state index contributed by atoms with van der Waals surface area (Å²) in [7, 11) is 0. The van der Waals surface area contributed by atoms with E-state index in [1.165, 1.54) is 24.0 Å². The number of hydrogen-bond donors (Lipinski definition) is 1. The van der Waals surface area contributed by atoms with E-state index in [9.17, 15) is 5.11 Å². The molecule has 1 saturated carbocycles. The second-order valence-corrected chi connectivity index (χ2v) is 5.34. The molecule has 2 heteroatoms. The van der Waals surface area contributed by atoms with Crippen molar-refractivity contribution in [2.24, 2.45) is 5.92 Å². The summed E-state index contributed by atoms with van der Waals surface area (Å²) in [5.74, 6) is 1.89. The lowest BCUT2D eigenvalue weighted by Crippen LogP contribution is -2.08. The van der Waals surface area contributed by atoms with E-state index < -0.39 is 0 Å². The molecule has 0 radical (unpaired) electrons. The van der Waals surface area contributed by atoms with E-state index in [2.05, 4.69) is 26.0 Å². The highest BCUT2D eigenvalue weighted by Crippen LogP contribution is 2.34. The minimum absolute atomic E-state index is 0.141. The van der Waals surface area contributed by atoms with Gasteiger partial charge in [0.05, 0.1) is 6.61 Å². The van der Waals surface area contributed by atoms with Crippen LogP contribution >= 0.6 is 0 Å². The number of aliphatic hydroxyl groups excluding tert-OH is 1. The van der Waals surface area contributed by atoms with Crippen molar-refractivity contribution in [1.82, 2.24) is 0 Å². The molecule has 0 aromatic heterocycles. The molecule has 1 aliphatic carbocycles. The van der Waals surface area contributed by atoms with Crippen LogP contribution in [0.2, 0.25) is 0 Å². The molecule has 1 aliphatic rings. The van der Waals surface area contributed by atoms with Crippen molar-refractivity contribution in [3.63, 3.8) is 0 Å². The number of aryl methyl sites for hydroxylation is 2. The molecule has 2 rings (SSSR count). The van der Waals surface area contributed by atoms with Crippen LogP contribution in [0.1, 0.15) is 42.4 Å². The van der Waals surface area contributed by atoms with E-state index in [-0.39, 0.29) is 12.5 Å². The highest BCUT2D eigenvalue weighted by molar-refractivity contribution is 5.45. The monoisotopic (exact) mass is 234 g/mol. The third-order valence-electron chi connectivity index (χ3n) is 3.41. The van der Waals surface area contributed by atoms with Crippen molar-refractivity contribution >= 4 is 0 Å². The van der Waals surface area contributed by atoms with E-state index in [4.69, 9.17) is 4.74 Å². The molecule has 2 nitrogen and oxygen atoms in total. The molecule has 0 bridgehead atoms. The van der Waals surface area contributed by atoms with Gasteiger partial charge in [-0.2, -0.15) is 0 Å². The zero-order valence-electron chi connectivity index (χ0n) is 11.0. The van der Waals surface area contributed by atoms with Crippen LogP contribution in [0.4, 0.5) is 0 Å². The minimum atomic E-state index is 0.141. The summed E-state index contributed by atoms with van der Waals surface area (Å²) in [5, 5.41) is 9.33. The normalized spacial score (nSPS) is 16.9. The quantitative estimate of drug-likeness (QED) is 0.847. The summed E-state index contributed by atoms with van der Waals surface area (Å²) in [6, 6.07) is 4.28. The molecular weight excluding hydrogens is 212 g/mol. The summed E-state index contributed by atoms with van der Waals surface area (Å²) >= 11 is 0. The van der Waals surface area contributed by atoms with Gasteiger partial charge in [-0.05, 0) is 43.7 Å². The van der Waals surface area contributed by atoms with E-state index >= 15 is 0 Å².